The van der Waals surface area contributed by atoms with E-state index in [2.05, 4.69) is 272 Å². The lowest BCUT2D eigenvalue weighted by Gasteiger charge is -2.38. The van der Waals surface area contributed by atoms with Crippen molar-refractivity contribution in [2.75, 3.05) is 0 Å². The highest BCUT2D eigenvalue weighted by atomic mass is 15.0. The van der Waals surface area contributed by atoms with Crippen LogP contribution in [-0.4, -0.2) is 9.13 Å². The minimum atomic E-state index is -0.583. The van der Waals surface area contributed by atoms with Crippen molar-refractivity contribution in [2.24, 2.45) is 0 Å². The van der Waals surface area contributed by atoms with Crippen molar-refractivity contribution in [3.63, 3.8) is 0 Å². The van der Waals surface area contributed by atoms with Crippen molar-refractivity contribution in [1.82, 2.24) is 9.13 Å². The van der Waals surface area contributed by atoms with Crippen LogP contribution in [0.1, 0.15) is 53.3 Å². The fourth-order valence-corrected chi connectivity index (χ4v) is 10.8. The first-order chi connectivity index (χ1) is 32.6. The molecule has 0 radical (unpaired) electrons. The van der Waals surface area contributed by atoms with E-state index in [9.17, 15) is 0 Å². The van der Waals surface area contributed by atoms with Crippen molar-refractivity contribution in [3.8, 4) is 33.6 Å². The Labute approximate surface area is 386 Å². The molecule has 0 amide bonds. The summed E-state index contributed by atoms with van der Waals surface area (Å²) in [5.41, 5.74) is 18.8. The van der Waals surface area contributed by atoms with Crippen LogP contribution in [0.25, 0.3) is 84.1 Å². The number of para-hydroxylation sites is 2. The van der Waals surface area contributed by atoms with Gasteiger partial charge < -0.3 is 9.13 Å². The number of rotatable bonds is 7. The van der Waals surface area contributed by atoms with Crippen LogP contribution in [0.2, 0.25) is 0 Å². The number of nitrogens with zero attached hydrogens (tertiary/aromatic N) is 2. The van der Waals surface area contributed by atoms with E-state index in [0.717, 1.165) is 11.4 Å². The van der Waals surface area contributed by atoms with Gasteiger partial charge in [0.05, 0.1) is 22.2 Å². The number of aromatic nitrogens is 2. The van der Waals surface area contributed by atoms with Gasteiger partial charge in [-0.1, -0.05) is 207 Å². The van der Waals surface area contributed by atoms with Gasteiger partial charge in [-0.15, -0.1) is 0 Å². The van der Waals surface area contributed by atoms with Gasteiger partial charge in [-0.3, -0.25) is 0 Å². The fraction of sp³-hybridized carbons (Fsp3) is 0.0625. The Morgan fingerprint density at radius 2 is 0.909 bits per heavy atom. The molecule has 12 rings (SSSR count). The Balaban J connectivity index is 1.18. The van der Waals surface area contributed by atoms with Crippen LogP contribution >= 0.6 is 0 Å². The van der Waals surface area contributed by atoms with Crippen molar-refractivity contribution in [3.05, 3.63) is 270 Å². The highest BCUT2D eigenvalue weighted by Crippen LogP contribution is 2.53. The van der Waals surface area contributed by atoms with Crippen LogP contribution in [0.4, 0.5) is 0 Å². The molecule has 2 unspecified atom stereocenters. The highest BCUT2D eigenvalue weighted by Gasteiger charge is 2.40. The molecule has 2 atom stereocenters. The number of fused-ring (bicyclic) bond motifs is 8. The van der Waals surface area contributed by atoms with Gasteiger partial charge in [0.2, 0.25) is 0 Å². The van der Waals surface area contributed by atoms with E-state index in [-0.39, 0.29) is 5.92 Å². The smallest absolute Gasteiger partial charge is 0.0547 e. The first kappa shape index (κ1) is 39.4. The first-order valence-electron chi connectivity index (χ1n) is 23.1. The minimum absolute atomic E-state index is 0.126. The third kappa shape index (κ3) is 6.40. The molecule has 2 aromatic heterocycles. The summed E-state index contributed by atoms with van der Waals surface area (Å²) in [6.45, 7) is 4.83. The van der Waals surface area contributed by atoms with Crippen molar-refractivity contribution in [1.29, 1.82) is 0 Å². The molecule has 66 heavy (non-hydrogen) atoms. The van der Waals surface area contributed by atoms with E-state index in [1.807, 2.05) is 0 Å². The molecule has 2 nitrogen and oxygen atoms in total. The quantitative estimate of drug-likeness (QED) is 0.151. The molecule has 0 bridgehead atoms. The van der Waals surface area contributed by atoms with Crippen molar-refractivity contribution < 1.29 is 0 Å². The van der Waals surface area contributed by atoms with Crippen molar-refractivity contribution >= 4 is 50.4 Å². The number of benzene rings is 9. The maximum atomic E-state index is 2.57. The van der Waals surface area contributed by atoms with E-state index >= 15 is 0 Å². The molecular formula is C64H48N2. The third-order valence-corrected chi connectivity index (χ3v) is 14.1. The van der Waals surface area contributed by atoms with Crippen LogP contribution in [0.5, 0.6) is 0 Å². The molecule has 314 valence electrons. The van der Waals surface area contributed by atoms with Gasteiger partial charge in [0.1, 0.15) is 0 Å². The second kappa shape index (κ2) is 16.1. The third-order valence-electron chi connectivity index (χ3n) is 14.1. The summed E-state index contributed by atoms with van der Waals surface area (Å²) in [5.74, 6) is 0.126. The van der Waals surface area contributed by atoms with Crippen LogP contribution in [-0.2, 0) is 5.41 Å². The standard InChI is InChI=1S/C64H48N2/c1-44(45-19-7-3-8-20-45)43-57-63-55-28-16-18-30-59(55)66(52-37-33-49(34-38-52)47-23-11-5-12-24-47)61(63)41-39-53-56(64(57,2)50-25-13-6-14-26-50)40-42-60-62(53)54-27-15-17-29-58(54)65(60)51-35-31-48(32-36-51)46-21-9-4-10-22-46/h3-44H,1-2H3/b41-39-,57-43-. The maximum absolute atomic E-state index is 2.57. The number of hydrogen-bond donors (Lipinski definition) is 0. The average molecular weight is 845 g/mol. The molecule has 1 aliphatic rings. The molecule has 2 heteroatoms. The molecule has 2 heterocycles. The summed E-state index contributed by atoms with van der Waals surface area (Å²) in [4.78, 5) is 0. The Morgan fingerprint density at radius 1 is 0.424 bits per heavy atom. The average Bonchev–Trinajstić information content (AvgIpc) is 3.90. The van der Waals surface area contributed by atoms with E-state index in [1.165, 1.54) is 94.0 Å². The molecule has 11 aromatic rings. The summed E-state index contributed by atoms with van der Waals surface area (Å²) in [6, 6.07) is 84.4. The van der Waals surface area contributed by atoms with Gasteiger partial charge >= 0.3 is 0 Å². The summed E-state index contributed by atoms with van der Waals surface area (Å²) in [7, 11) is 0. The van der Waals surface area contributed by atoms with Crippen LogP contribution < -0.4 is 0 Å². The lowest BCUT2D eigenvalue weighted by atomic mass is 9.65. The first-order valence-corrected chi connectivity index (χ1v) is 23.1. The summed E-state index contributed by atoms with van der Waals surface area (Å²) in [6.07, 6.45) is 7.41. The predicted octanol–water partition coefficient (Wildman–Crippen LogP) is 16.7. The maximum Gasteiger partial charge on any atom is 0.0547 e. The molecule has 0 spiro atoms. The molecule has 1 aliphatic carbocycles. The molecule has 9 aromatic carbocycles. The fourth-order valence-electron chi connectivity index (χ4n) is 10.8. The van der Waals surface area contributed by atoms with Gasteiger partial charge in [0, 0.05) is 38.5 Å². The van der Waals surface area contributed by atoms with Crippen LogP contribution in [0, 0.1) is 0 Å². The van der Waals surface area contributed by atoms with Gasteiger partial charge in [-0.2, -0.15) is 0 Å². The van der Waals surface area contributed by atoms with E-state index < -0.39 is 5.41 Å². The zero-order valence-corrected chi connectivity index (χ0v) is 37.1. The number of hydrogen-bond acceptors (Lipinski definition) is 0. The Kier molecular flexibility index (Phi) is 9.61. The van der Waals surface area contributed by atoms with Crippen LogP contribution in [0.3, 0.4) is 0 Å². The van der Waals surface area contributed by atoms with E-state index in [4.69, 9.17) is 0 Å². The van der Waals surface area contributed by atoms with E-state index in [0.29, 0.717) is 0 Å². The SMILES string of the molecule is CC(/C=C1/c2c(n(-c3ccc(-c4ccccc4)cc3)c3ccccc23)/C=C\c2c(ccc3c2c2ccccc2n3-c2ccc(-c3ccccc3)cc2)C1(C)c1ccccc1)c1ccccc1. The van der Waals surface area contributed by atoms with Crippen molar-refractivity contribution in [2.45, 2.75) is 25.2 Å². The van der Waals surface area contributed by atoms with Crippen LogP contribution in [0.15, 0.2) is 237 Å². The lowest BCUT2D eigenvalue weighted by molar-refractivity contribution is 0.738. The monoisotopic (exact) mass is 844 g/mol. The predicted molar refractivity (Wildman–Crippen MR) is 280 cm³/mol. The normalized spacial score (nSPS) is 16.2. The van der Waals surface area contributed by atoms with Gasteiger partial charge in [0.25, 0.3) is 0 Å². The zero-order valence-electron chi connectivity index (χ0n) is 37.1. The molecule has 0 N–H and O–H groups in total. The summed E-state index contributed by atoms with van der Waals surface area (Å²) >= 11 is 0. The summed E-state index contributed by atoms with van der Waals surface area (Å²) in [5, 5.41) is 3.72. The van der Waals surface area contributed by atoms with Gasteiger partial charge in [-0.05, 0) is 111 Å². The largest absolute Gasteiger partial charge is 0.309 e. The lowest BCUT2D eigenvalue weighted by Crippen LogP contribution is -2.28. The molecule has 0 fully saturated rings. The molecule has 0 saturated heterocycles. The topological polar surface area (TPSA) is 9.86 Å². The second-order valence-electron chi connectivity index (χ2n) is 17.8. The zero-order chi connectivity index (χ0) is 44.2. The van der Waals surface area contributed by atoms with E-state index in [1.54, 1.807) is 0 Å². The van der Waals surface area contributed by atoms with Gasteiger partial charge in [-0.25, -0.2) is 0 Å². The molecule has 0 saturated carbocycles. The number of allylic oxidation sites excluding steroid dienone is 2. The minimum Gasteiger partial charge on any atom is -0.309 e. The second-order valence-corrected chi connectivity index (χ2v) is 17.8. The molecular weight excluding hydrogens is 797 g/mol. The Bertz CT molecular complexity index is 3610. The highest BCUT2D eigenvalue weighted by molar-refractivity contribution is 6.15. The Hall–Kier alpha value is -8.20. The van der Waals surface area contributed by atoms with Gasteiger partial charge in [0.15, 0.2) is 0 Å². The summed E-state index contributed by atoms with van der Waals surface area (Å²) < 4.78 is 4.95. The molecule has 0 aliphatic heterocycles. The Morgan fingerprint density at radius 3 is 1.52 bits per heavy atom.